The Morgan fingerprint density at radius 3 is 2.44 bits per heavy atom. The summed E-state index contributed by atoms with van der Waals surface area (Å²) >= 11 is 4.30. The van der Waals surface area contributed by atoms with Crippen molar-refractivity contribution in [2.75, 3.05) is 6.61 Å². The topological polar surface area (TPSA) is 51.5 Å². The van der Waals surface area contributed by atoms with E-state index in [0.29, 0.717) is 24.0 Å². The first-order valence-electron chi connectivity index (χ1n) is 10.0. The summed E-state index contributed by atoms with van der Waals surface area (Å²) < 4.78 is 5.13. The molecule has 0 bridgehead atoms. The number of aromatic nitrogens is 1. The summed E-state index contributed by atoms with van der Waals surface area (Å²) in [6, 6.07) is 1.96. The van der Waals surface area contributed by atoms with E-state index in [4.69, 9.17) is 4.74 Å². The highest BCUT2D eigenvalue weighted by atomic mass is 32.1. The van der Waals surface area contributed by atoms with E-state index in [1.807, 2.05) is 12.3 Å². The van der Waals surface area contributed by atoms with Crippen LogP contribution in [0.15, 0.2) is 23.5 Å². The number of hydrogen-bond acceptors (Lipinski definition) is 5. The van der Waals surface area contributed by atoms with E-state index >= 15 is 0 Å². The molecule has 1 aliphatic carbocycles. The Labute approximate surface area is 169 Å². The normalized spacial score (nSPS) is 14.4. The Morgan fingerprint density at radius 1 is 1.30 bits per heavy atom. The van der Waals surface area contributed by atoms with E-state index in [2.05, 4.69) is 50.3 Å². The number of carbonyl (C=O) groups is 1. The van der Waals surface area contributed by atoms with Crippen LogP contribution in [0.4, 0.5) is 0 Å². The summed E-state index contributed by atoms with van der Waals surface area (Å²) in [7, 11) is 0. The molecule has 1 saturated carbocycles. The predicted octanol–water partition coefficient (Wildman–Crippen LogP) is 6.12. The average Bonchev–Trinajstić information content (AvgIpc) is 3.53. The SMILES string of the molecule is CCCC.CCOC(=O)c1ncc(CS)cc1/C(=C/N=C(C)C1CC1)CC. The molecule has 1 heterocycles. The van der Waals surface area contributed by atoms with Gasteiger partial charge in [-0.15, -0.1) is 0 Å². The monoisotopic (exact) mass is 390 g/mol. The number of rotatable bonds is 8. The van der Waals surface area contributed by atoms with Gasteiger partial charge in [0.1, 0.15) is 0 Å². The molecule has 0 aromatic carbocycles. The summed E-state index contributed by atoms with van der Waals surface area (Å²) in [5.74, 6) is 0.816. The number of aliphatic imine (C=N–C) groups is 1. The molecule has 1 aromatic heterocycles. The summed E-state index contributed by atoms with van der Waals surface area (Å²) in [6.45, 7) is 10.6. The molecule has 0 radical (unpaired) electrons. The fourth-order valence-corrected chi connectivity index (χ4v) is 2.51. The van der Waals surface area contributed by atoms with Gasteiger partial charge in [0.15, 0.2) is 5.69 Å². The van der Waals surface area contributed by atoms with Gasteiger partial charge < -0.3 is 4.74 Å². The van der Waals surface area contributed by atoms with Gasteiger partial charge in [-0.1, -0.05) is 33.6 Å². The van der Waals surface area contributed by atoms with Gasteiger partial charge in [0, 0.05) is 29.4 Å². The van der Waals surface area contributed by atoms with Crippen LogP contribution in [0.2, 0.25) is 0 Å². The van der Waals surface area contributed by atoms with Crippen LogP contribution in [0.3, 0.4) is 0 Å². The van der Waals surface area contributed by atoms with E-state index in [1.165, 1.54) is 25.7 Å². The molecule has 5 heteroatoms. The maximum absolute atomic E-state index is 12.2. The highest BCUT2D eigenvalue weighted by molar-refractivity contribution is 7.79. The predicted molar refractivity (Wildman–Crippen MR) is 118 cm³/mol. The number of hydrogen-bond donors (Lipinski definition) is 1. The summed E-state index contributed by atoms with van der Waals surface area (Å²) in [4.78, 5) is 21.1. The fourth-order valence-electron chi connectivity index (χ4n) is 2.34. The maximum Gasteiger partial charge on any atom is 0.357 e. The second-order valence-corrected chi connectivity index (χ2v) is 6.99. The number of unbranched alkanes of at least 4 members (excludes halogenated alkanes) is 1. The van der Waals surface area contributed by atoms with Crippen molar-refractivity contribution in [2.45, 2.75) is 72.5 Å². The maximum atomic E-state index is 12.2. The zero-order valence-corrected chi connectivity index (χ0v) is 18.3. The van der Waals surface area contributed by atoms with Crippen LogP contribution < -0.4 is 0 Å². The van der Waals surface area contributed by atoms with Gasteiger partial charge in [-0.25, -0.2) is 9.78 Å². The summed E-state index contributed by atoms with van der Waals surface area (Å²) in [5.41, 5.74) is 4.27. The van der Waals surface area contributed by atoms with E-state index < -0.39 is 5.97 Å². The molecule has 0 spiro atoms. The molecule has 4 nitrogen and oxygen atoms in total. The second-order valence-electron chi connectivity index (χ2n) is 6.67. The Bertz CT molecular complexity index is 662. The molecule has 0 saturated heterocycles. The van der Waals surface area contributed by atoms with Gasteiger partial charge in [0.25, 0.3) is 0 Å². The highest BCUT2D eigenvalue weighted by Crippen LogP contribution is 2.31. The molecule has 27 heavy (non-hydrogen) atoms. The molecule has 0 atom stereocenters. The van der Waals surface area contributed by atoms with Gasteiger partial charge in [-0.2, -0.15) is 12.6 Å². The Hall–Kier alpha value is -1.62. The summed E-state index contributed by atoms with van der Waals surface area (Å²) in [5, 5.41) is 0. The van der Waals surface area contributed by atoms with Crippen molar-refractivity contribution >= 4 is 29.9 Å². The molecule has 1 aliphatic rings. The molecule has 150 valence electrons. The molecule has 0 unspecified atom stereocenters. The number of allylic oxidation sites excluding steroid dienone is 1. The lowest BCUT2D eigenvalue weighted by atomic mass is 10.0. The minimum atomic E-state index is -0.393. The minimum Gasteiger partial charge on any atom is -0.461 e. The first kappa shape index (κ1) is 23.4. The number of pyridine rings is 1. The third-order valence-corrected chi connectivity index (χ3v) is 4.78. The first-order chi connectivity index (χ1) is 13.0. The number of thiol groups is 1. The molecular weight excluding hydrogens is 356 g/mol. The van der Waals surface area contributed by atoms with Gasteiger partial charge >= 0.3 is 5.97 Å². The molecule has 0 N–H and O–H groups in total. The lowest BCUT2D eigenvalue weighted by Crippen LogP contribution is -2.11. The standard InChI is InChI=1S/C18H24N2O2S.C4H10/c1-4-14(10-19-12(3)15-6-7-15)16-8-13(11-23)9-20-17(16)18(21)22-5-2;1-3-4-2/h8-10,15,23H,4-7,11H2,1-3H3;3-4H2,1-2H3/b14-10+,19-12?;. The summed E-state index contributed by atoms with van der Waals surface area (Å²) in [6.07, 6.45) is 9.42. The number of carbonyl (C=O) groups excluding carboxylic acids is 1. The molecule has 1 aromatic rings. The van der Waals surface area contributed by atoms with Crippen molar-refractivity contribution in [3.05, 3.63) is 35.3 Å². The van der Waals surface area contributed by atoms with Crippen molar-refractivity contribution in [1.82, 2.24) is 4.98 Å². The molecule has 2 rings (SSSR count). The van der Waals surface area contributed by atoms with Crippen molar-refractivity contribution < 1.29 is 9.53 Å². The lowest BCUT2D eigenvalue weighted by molar-refractivity contribution is 0.0519. The fraction of sp³-hybridized carbons (Fsp3) is 0.591. The third-order valence-electron chi connectivity index (χ3n) is 4.41. The smallest absolute Gasteiger partial charge is 0.357 e. The van der Waals surface area contributed by atoms with Crippen LogP contribution in [0.1, 0.15) is 88.3 Å². The third kappa shape index (κ3) is 7.87. The van der Waals surface area contributed by atoms with Gasteiger partial charge in [0.2, 0.25) is 0 Å². The van der Waals surface area contributed by atoms with Crippen LogP contribution in [-0.2, 0) is 10.5 Å². The van der Waals surface area contributed by atoms with Crippen LogP contribution >= 0.6 is 12.6 Å². The lowest BCUT2D eigenvalue weighted by Gasteiger charge is -2.11. The van der Waals surface area contributed by atoms with Crippen LogP contribution in [0.5, 0.6) is 0 Å². The van der Waals surface area contributed by atoms with E-state index in [-0.39, 0.29) is 0 Å². The molecule has 1 fully saturated rings. The van der Waals surface area contributed by atoms with Gasteiger partial charge in [-0.3, -0.25) is 4.99 Å². The van der Waals surface area contributed by atoms with Gasteiger partial charge in [-0.05, 0) is 56.2 Å². The number of esters is 1. The zero-order valence-electron chi connectivity index (χ0n) is 17.4. The van der Waals surface area contributed by atoms with Crippen molar-refractivity contribution in [1.29, 1.82) is 0 Å². The number of ether oxygens (including phenoxy) is 1. The van der Waals surface area contributed by atoms with E-state index in [9.17, 15) is 4.79 Å². The average molecular weight is 391 g/mol. The zero-order chi connectivity index (χ0) is 20.2. The van der Waals surface area contributed by atoms with Crippen LogP contribution in [0, 0.1) is 5.92 Å². The highest BCUT2D eigenvalue weighted by Gasteiger charge is 2.24. The molecule has 0 amide bonds. The van der Waals surface area contributed by atoms with E-state index in [0.717, 1.165) is 28.8 Å². The van der Waals surface area contributed by atoms with Crippen LogP contribution in [-0.4, -0.2) is 23.3 Å². The van der Waals surface area contributed by atoms with E-state index in [1.54, 1.807) is 13.1 Å². The molecular formula is C22H34N2O2S. The van der Waals surface area contributed by atoms with Gasteiger partial charge in [0.05, 0.1) is 6.61 Å². The molecule has 0 aliphatic heterocycles. The quantitative estimate of drug-likeness (QED) is 0.331. The first-order valence-corrected chi connectivity index (χ1v) is 10.7. The van der Waals surface area contributed by atoms with Crippen molar-refractivity contribution in [3.63, 3.8) is 0 Å². The van der Waals surface area contributed by atoms with Crippen molar-refractivity contribution in [2.24, 2.45) is 10.9 Å². The second kappa shape index (κ2) is 12.7. The minimum absolute atomic E-state index is 0.332. The largest absolute Gasteiger partial charge is 0.461 e. The van der Waals surface area contributed by atoms with Crippen molar-refractivity contribution in [3.8, 4) is 0 Å². The Kier molecular flexibility index (Phi) is 11.0. The number of nitrogens with zero attached hydrogens (tertiary/aromatic N) is 2. The van der Waals surface area contributed by atoms with Crippen LogP contribution in [0.25, 0.3) is 5.57 Å². The Morgan fingerprint density at radius 2 is 1.96 bits per heavy atom. The Balaban J connectivity index is 0.000000828.